The number of carbonyl (C=O) groups is 3. The Balaban J connectivity index is 2.05. The van der Waals surface area contributed by atoms with E-state index >= 15 is 0 Å². The highest BCUT2D eigenvalue weighted by atomic mass is 16.4. The van der Waals surface area contributed by atoms with Crippen LogP contribution in [0.4, 0.5) is 0 Å². The second-order valence-corrected chi connectivity index (χ2v) is 6.95. The molecule has 3 N–H and O–H groups in total. The van der Waals surface area contributed by atoms with Crippen LogP contribution in [-0.4, -0.2) is 57.6 Å². The molecule has 7 nitrogen and oxygen atoms in total. The summed E-state index contributed by atoms with van der Waals surface area (Å²) in [5, 5.41) is 21.9. The first-order valence-electron chi connectivity index (χ1n) is 9.50. The van der Waals surface area contributed by atoms with Crippen molar-refractivity contribution in [3.8, 4) is 0 Å². The number of carboxylic acids is 2. The Kier molecular flexibility index (Phi) is 7.79. The molecule has 0 bridgehead atoms. The minimum Gasteiger partial charge on any atom is -0.480 e. The van der Waals surface area contributed by atoms with Crippen molar-refractivity contribution >= 4 is 17.8 Å². The largest absolute Gasteiger partial charge is 0.480 e. The number of aliphatic carboxylic acids is 2. The lowest BCUT2D eigenvalue weighted by atomic mass is 10.0. The fourth-order valence-electron chi connectivity index (χ4n) is 3.53. The summed E-state index contributed by atoms with van der Waals surface area (Å²) >= 11 is 0. The first-order chi connectivity index (χ1) is 12.9. The number of benzene rings is 1. The predicted octanol–water partition coefficient (Wildman–Crippen LogP) is 1.91. The van der Waals surface area contributed by atoms with Gasteiger partial charge < -0.3 is 15.1 Å². The summed E-state index contributed by atoms with van der Waals surface area (Å²) in [5.41, 5.74) is 1.04. The Bertz CT molecular complexity index is 649. The Morgan fingerprint density at radius 1 is 1.15 bits per heavy atom. The molecule has 7 heteroatoms. The number of aryl methyl sites for hydroxylation is 1. The van der Waals surface area contributed by atoms with Gasteiger partial charge in [-0.1, -0.05) is 43.7 Å². The van der Waals surface area contributed by atoms with Gasteiger partial charge in [0.25, 0.3) is 0 Å². The number of carboxylic acid groups (broad SMARTS) is 2. The summed E-state index contributed by atoms with van der Waals surface area (Å²) in [4.78, 5) is 37.3. The molecule has 148 valence electrons. The van der Waals surface area contributed by atoms with Crippen LogP contribution in [0.5, 0.6) is 0 Å². The monoisotopic (exact) mass is 376 g/mol. The molecule has 1 aromatic carbocycles. The van der Waals surface area contributed by atoms with Gasteiger partial charge in [-0.05, 0) is 37.7 Å². The molecule has 1 heterocycles. The lowest BCUT2D eigenvalue weighted by Gasteiger charge is -2.29. The third-order valence-electron chi connectivity index (χ3n) is 4.96. The number of hydrogen-bond acceptors (Lipinski definition) is 4. The fraction of sp³-hybridized carbons (Fsp3) is 0.550. The third kappa shape index (κ3) is 5.79. The van der Waals surface area contributed by atoms with Crippen molar-refractivity contribution in [1.82, 2.24) is 10.2 Å². The Morgan fingerprint density at radius 2 is 1.85 bits per heavy atom. The highest BCUT2D eigenvalue weighted by Crippen LogP contribution is 2.20. The summed E-state index contributed by atoms with van der Waals surface area (Å²) in [7, 11) is 0. The Hall–Kier alpha value is -2.41. The molecule has 0 unspecified atom stereocenters. The molecular weight excluding hydrogens is 348 g/mol. The van der Waals surface area contributed by atoms with Gasteiger partial charge in [0.2, 0.25) is 5.91 Å². The van der Waals surface area contributed by atoms with E-state index in [1.165, 1.54) is 4.90 Å². The predicted molar refractivity (Wildman–Crippen MR) is 100 cm³/mol. The van der Waals surface area contributed by atoms with Crippen molar-refractivity contribution in [2.75, 3.05) is 6.54 Å². The van der Waals surface area contributed by atoms with Crippen molar-refractivity contribution in [3.05, 3.63) is 35.9 Å². The van der Waals surface area contributed by atoms with E-state index in [2.05, 4.69) is 5.32 Å². The van der Waals surface area contributed by atoms with Gasteiger partial charge >= 0.3 is 11.9 Å². The van der Waals surface area contributed by atoms with Gasteiger partial charge in [-0.15, -0.1) is 0 Å². The van der Waals surface area contributed by atoms with Crippen molar-refractivity contribution in [1.29, 1.82) is 0 Å². The lowest BCUT2D eigenvalue weighted by Crippen LogP contribution is -2.54. The van der Waals surface area contributed by atoms with Gasteiger partial charge in [-0.25, -0.2) is 4.79 Å². The van der Waals surface area contributed by atoms with Crippen LogP contribution in [0.25, 0.3) is 0 Å². The maximum absolute atomic E-state index is 12.9. The second kappa shape index (κ2) is 10.1. The van der Waals surface area contributed by atoms with Crippen LogP contribution in [0.15, 0.2) is 30.3 Å². The maximum Gasteiger partial charge on any atom is 0.326 e. The molecule has 27 heavy (non-hydrogen) atoms. The summed E-state index contributed by atoms with van der Waals surface area (Å²) in [6.07, 6.45) is 3.19. The van der Waals surface area contributed by atoms with E-state index in [9.17, 15) is 24.6 Å². The number of nitrogens with zero attached hydrogens (tertiary/aromatic N) is 1. The van der Waals surface area contributed by atoms with E-state index in [1.807, 2.05) is 37.3 Å². The van der Waals surface area contributed by atoms with Crippen LogP contribution in [0.2, 0.25) is 0 Å². The smallest absolute Gasteiger partial charge is 0.326 e. The molecule has 1 aliphatic rings. The highest BCUT2D eigenvalue weighted by molar-refractivity contribution is 5.88. The molecule has 0 aromatic heterocycles. The number of likely N-dealkylation sites (tertiary alicyclic amines) is 1. The maximum atomic E-state index is 12.9. The number of amides is 1. The van der Waals surface area contributed by atoms with E-state index in [4.69, 9.17) is 0 Å². The molecule has 1 fully saturated rings. The van der Waals surface area contributed by atoms with Crippen molar-refractivity contribution in [3.63, 3.8) is 0 Å². The van der Waals surface area contributed by atoms with Gasteiger partial charge in [0, 0.05) is 6.54 Å². The van der Waals surface area contributed by atoms with Crippen molar-refractivity contribution < 1.29 is 24.6 Å². The normalized spacial score (nSPS) is 18.9. The zero-order valence-corrected chi connectivity index (χ0v) is 15.6. The summed E-state index contributed by atoms with van der Waals surface area (Å²) in [5.74, 6) is -2.32. The molecule has 1 saturated heterocycles. The van der Waals surface area contributed by atoms with Gasteiger partial charge in [-0.3, -0.25) is 14.9 Å². The molecule has 0 saturated carbocycles. The molecular formula is C20H28N2O5. The SMILES string of the molecule is CCC[C@H](N[C@@H](CCc1ccccc1)C(=O)O)C(=O)N1CCC[C@H]1C(=O)O. The number of rotatable bonds is 10. The minimum absolute atomic E-state index is 0.312. The average Bonchev–Trinajstić information content (AvgIpc) is 3.14. The lowest BCUT2D eigenvalue weighted by molar-refractivity contribution is -0.149. The highest BCUT2D eigenvalue weighted by Gasteiger charge is 2.37. The zero-order chi connectivity index (χ0) is 19.8. The first-order valence-corrected chi connectivity index (χ1v) is 9.50. The van der Waals surface area contributed by atoms with E-state index in [1.54, 1.807) is 0 Å². The van der Waals surface area contributed by atoms with Crippen LogP contribution >= 0.6 is 0 Å². The minimum atomic E-state index is -1.00. The number of carbonyl (C=O) groups excluding carboxylic acids is 1. The third-order valence-corrected chi connectivity index (χ3v) is 4.96. The molecule has 0 spiro atoms. The Labute approximate surface area is 159 Å². The molecule has 0 radical (unpaired) electrons. The van der Waals surface area contributed by atoms with Crippen LogP contribution in [0, 0.1) is 0 Å². The zero-order valence-electron chi connectivity index (χ0n) is 15.6. The topological polar surface area (TPSA) is 107 Å². The van der Waals surface area contributed by atoms with E-state index in [0.29, 0.717) is 45.1 Å². The van der Waals surface area contributed by atoms with Crippen molar-refractivity contribution in [2.24, 2.45) is 0 Å². The van der Waals surface area contributed by atoms with Crippen LogP contribution in [0.1, 0.15) is 44.6 Å². The number of hydrogen-bond donors (Lipinski definition) is 3. The van der Waals surface area contributed by atoms with Crippen LogP contribution in [0.3, 0.4) is 0 Å². The van der Waals surface area contributed by atoms with Crippen molar-refractivity contribution in [2.45, 2.75) is 63.6 Å². The van der Waals surface area contributed by atoms with E-state index in [0.717, 1.165) is 5.56 Å². The average molecular weight is 376 g/mol. The first kappa shape index (κ1) is 20.9. The second-order valence-electron chi connectivity index (χ2n) is 6.95. The standard InChI is InChI=1S/C20H28N2O5/c1-2-7-15(18(23)22-13-6-10-17(22)20(26)27)21-16(19(24)25)12-11-14-8-4-3-5-9-14/h3-5,8-9,15-17,21H,2,6-7,10-13H2,1H3,(H,24,25)(H,26,27)/t15-,16-,17-/m0/s1. The molecule has 1 aromatic rings. The molecule has 2 rings (SSSR count). The summed E-state index contributed by atoms with van der Waals surface area (Å²) < 4.78 is 0. The number of nitrogens with one attached hydrogen (secondary N) is 1. The Morgan fingerprint density at radius 3 is 2.44 bits per heavy atom. The van der Waals surface area contributed by atoms with E-state index < -0.39 is 30.1 Å². The fourth-order valence-corrected chi connectivity index (χ4v) is 3.53. The molecule has 1 aliphatic heterocycles. The van der Waals surface area contributed by atoms with Gasteiger partial charge in [0.05, 0.1) is 6.04 Å². The summed E-state index contributed by atoms with van der Waals surface area (Å²) in [6, 6.07) is 7.23. The molecule has 1 amide bonds. The van der Waals surface area contributed by atoms with Gasteiger partial charge in [0.15, 0.2) is 0 Å². The molecule has 0 aliphatic carbocycles. The van der Waals surface area contributed by atoms with Crippen LogP contribution < -0.4 is 5.32 Å². The van der Waals surface area contributed by atoms with Crippen LogP contribution in [-0.2, 0) is 20.8 Å². The van der Waals surface area contributed by atoms with Gasteiger partial charge in [0.1, 0.15) is 12.1 Å². The molecule has 3 atom stereocenters. The van der Waals surface area contributed by atoms with E-state index in [-0.39, 0.29) is 5.91 Å². The summed E-state index contributed by atoms with van der Waals surface area (Å²) in [6.45, 7) is 2.32. The van der Waals surface area contributed by atoms with Gasteiger partial charge in [-0.2, -0.15) is 0 Å². The quantitative estimate of drug-likeness (QED) is 0.576.